The Hall–Kier alpha value is -2.22. The number of hydrogen-bond acceptors (Lipinski definition) is 24. The minimum absolute atomic E-state index is 0.0490. The molecule has 9 aliphatic rings. The largest absolute Gasteiger partial charge is 0.458 e. The van der Waals surface area contributed by atoms with Crippen LogP contribution < -0.4 is 0 Å². The second kappa shape index (κ2) is 26.8. The number of allylic oxidation sites excluding steroid dienone is 1. The van der Waals surface area contributed by atoms with Gasteiger partial charge in [0, 0.05) is 66.1 Å². The Morgan fingerprint density at radius 3 is 1.55 bits per heavy atom. The lowest BCUT2D eigenvalue weighted by atomic mass is 9.42. The number of Topliss-reactive ketones (excluding diaryl/α,β-unsaturated/α-hetero) is 1. The first-order valence-corrected chi connectivity index (χ1v) is 31.1. The van der Waals surface area contributed by atoms with Crippen molar-refractivity contribution in [1.82, 2.24) is 0 Å². The van der Waals surface area contributed by atoms with Crippen LogP contribution in [0, 0.1) is 22.7 Å². The van der Waals surface area contributed by atoms with Gasteiger partial charge in [-0.1, -0.05) is 38.0 Å². The quantitative estimate of drug-likeness (QED) is 0.0555. The molecule has 86 heavy (non-hydrogen) atoms. The van der Waals surface area contributed by atoms with Crippen LogP contribution in [0.15, 0.2) is 23.3 Å². The predicted molar refractivity (Wildman–Crippen MR) is 301 cm³/mol. The summed E-state index contributed by atoms with van der Waals surface area (Å²) in [6.07, 6.45) is -11.6. The molecule has 24 nitrogen and oxygen atoms in total. The van der Waals surface area contributed by atoms with E-state index in [2.05, 4.69) is 6.92 Å². The van der Waals surface area contributed by atoms with Gasteiger partial charge in [0.25, 0.3) is 0 Å². The molecule has 0 spiro atoms. The van der Waals surface area contributed by atoms with Crippen LogP contribution >= 0.6 is 0 Å². The minimum atomic E-state index is -2.04. The third-order valence-corrected chi connectivity index (χ3v) is 21.7. The van der Waals surface area contributed by atoms with Crippen molar-refractivity contribution in [2.45, 2.75) is 298 Å². The maximum absolute atomic E-state index is 13.6. The molecule has 5 aliphatic heterocycles. The lowest BCUT2D eigenvalue weighted by Crippen LogP contribution is -2.78. The number of aliphatic hydroxyl groups is 7. The van der Waals surface area contributed by atoms with Crippen molar-refractivity contribution in [1.29, 1.82) is 0 Å². The molecule has 7 N–H and O–H groups in total. The maximum Gasteiger partial charge on any atom is 0.330 e. The van der Waals surface area contributed by atoms with Gasteiger partial charge in [-0.2, -0.15) is 0 Å². The molecular formula is C62H100O24. The fraction of sp³-hybridized carbons (Fsp3) is 0.903. The van der Waals surface area contributed by atoms with Crippen molar-refractivity contribution in [3.8, 4) is 0 Å². The van der Waals surface area contributed by atoms with Crippen molar-refractivity contribution in [3.05, 3.63) is 23.3 Å². The SMILES string of the molecule is CO[C@H]1C[C@H](O[C@H]2[C@@H](OC)C[C@H](O[C@H]3CC[C@@]4(C)C(=CC[C@]5(O)[C@@H]4C[C@@H](OC(=O)C=C(C)C(C)C)[C@@]4(C)[C@]5(O)CC[C@@]4(O)C(C)=O)C3)O[C@@H]2C)O[C@@H](C)[C@H]1O[C@H]1C[C@H](OC)[C@H](O[C@H]2C[C@@H](OC)[C@@H](O[C@@H]3O[C@H](CO)[C@@H](O)[C@H](O)[C@H]3O)[C@H](C)O2)[C@@H](C)O1. The highest BCUT2D eigenvalue weighted by Crippen LogP contribution is 2.71. The number of esters is 1. The van der Waals surface area contributed by atoms with Crippen molar-refractivity contribution < 1.29 is 116 Å². The van der Waals surface area contributed by atoms with Crippen molar-refractivity contribution in [3.63, 3.8) is 0 Å². The molecule has 0 aromatic rings. The summed E-state index contributed by atoms with van der Waals surface area (Å²) >= 11 is 0. The first kappa shape index (κ1) is 68.2. The third-order valence-electron chi connectivity index (χ3n) is 21.7. The molecule has 24 heteroatoms. The highest BCUT2D eigenvalue weighted by molar-refractivity contribution is 5.87. The zero-order valence-electron chi connectivity index (χ0n) is 52.6. The molecule has 0 radical (unpaired) electrons. The molecule has 0 unspecified atom stereocenters. The topological polar surface area (TPSA) is 314 Å². The van der Waals surface area contributed by atoms with Crippen LogP contribution in [0.5, 0.6) is 0 Å². The third kappa shape index (κ3) is 12.4. The fourth-order valence-electron chi connectivity index (χ4n) is 16.1. The standard InChI is InChI=1S/C62H100O24/c1-29(2)30(3)21-45(65)82-44-27-43-58(9)17-16-37(22-36(58)15-18-61(43,70)62(71)20-19-60(69,35(8)64)59(44,62)10)80-46-23-38(72-11)53(31(4)76-46)83-47-24-39(73-12)54(32(5)77-47)84-48-25-40(74-13)55(33(6)78-48)85-49-26-41(75-14)56(34(7)79-49)86-57-52(68)51(67)50(66)42(28-63)81-57/h15,21,29,31-34,37-44,46-57,63,66-71H,16-20,22-28H2,1-14H3/t31-,32+,33-,34+,37+,38+,39+,40+,41-,42-,43-,44-,46+,47+,48+,49+,50-,51+,52-,53-,54-,55-,56+,57+,58+,59-,60-,61+,62-/m1/s1. The van der Waals surface area contributed by atoms with Gasteiger partial charge in [-0.3, -0.25) is 4.79 Å². The monoisotopic (exact) mass is 1230 g/mol. The first-order valence-electron chi connectivity index (χ1n) is 31.1. The Morgan fingerprint density at radius 1 is 0.640 bits per heavy atom. The number of rotatable bonds is 19. The second-order valence-electron chi connectivity index (χ2n) is 26.7. The van der Waals surface area contributed by atoms with Gasteiger partial charge in [-0.25, -0.2) is 4.79 Å². The number of ketones is 1. The van der Waals surface area contributed by atoms with Gasteiger partial charge >= 0.3 is 5.97 Å². The van der Waals surface area contributed by atoms with E-state index in [0.717, 1.165) is 11.1 Å². The van der Waals surface area contributed by atoms with E-state index in [4.69, 9.17) is 71.1 Å². The predicted octanol–water partition coefficient (Wildman–Crippen LogP) is 2.95. The molecule has 0 amide bonds. The molecule has 4 aliphatic carbocycles. The molecule has 0 aromatic heterocycles. The molecule has 0 aromatic carbocycles. The Kier molecular flexibility index (Phi) is 21.2. The number of aliphatic hydroxyl groups excluding tert-OH is 4. The Labute approximate surface area is 505 Å². The summed E-state index contributed by atoms with van der Waals surface area (Å²) in [7, 11) is 6.35. The van der Waals surface area contributed by atoms with E-state index in [1.165, 1.54) is 20.1 Å². The van der Waals surface area contributed by atoms with E-state index < -0.39 is 187 Å². The lowest BCUT2D eigenvalue weighted by Gasteiger charge is -2.67. The number of methoxy groups -OCH3 is 4. The summed E-state index contributed by atoms with van der Waals surface area (Å²) in [5.74, 6) is -1.67. The van der Waals surface area contributed by atoms with E-state index >= 15 is 0 Å². The molecule has 9 rings (SSSR count). The van der Waals surface area contributed by atoms with Gasteiger partial charge in [-0.05, 0) is 105 Å². The lowest BCUT2D eigenvalue weighted by molar-refractivity contribution is -0.358. The Balaban J connectivity index is 0.779. The molecule has 3 saturated carbocycles. The van der Waals surface area contributed by atoms with Crippen molar-refractivity contribution in [2.75, 3.05) is 35.0 Å². The van der Waals surface area contributed by atoms with Gasteiger partial charge in [0.05, 0.1) is 67.0 Å². The van der Waals surface area contributed by atoms with Gasteiger partial charge in [0.15, 0.2) is 37.2 Å². The van der Waals surface area contributed by atoms with E-state index in [9.17, 15) is 45.3 Å². The van der Waals surface area contributed by atoms with Crippen LogP contribution in [-0.4, -0.2) is 241 Å². The van der Waals surface area contributed by atoms with Crippen molar-refractivity contribution >= 4 is 11.8 Å². The Morgan fingerprint density at radius 2 is 1.10 bits per heavy atom. The second-order valence-corrected chi connectivity index (χ2v) is 26.7. The average molecular weight is 1230 g/mol. The van der Waals surface area contributed by atoms with Crippen LogP contribution in [0.4, 0.5) is 0 Å². The van der Waals surface area contributed by atoms with Gasteiger partial charge in [0.1, 0.15) is 71.7 Å². The molecule has 29 atom stereocenters. The Bertz CT molecular complexity index is 2390. The summed E-state index contributed by atoms with van der Waals surface area (Å²) in [5, 5.41) is 79.0. The molecular weight excluding hydrogens is 1130 g/mol. The number of hydrogen-bond donors (Lipinski definition) is 7. The molecule has 0 bridgehead atoms. The van der Waals surface area contributed by atoms with E-state index in [-0.39, 0.29) is 44.1 Å². The molecule has 5 heterocycles. The number of fused-ring (bicyclic) bond motifs is 5. The highest BCUT2D eigenvalue weighted by atomic mass is 16.8. The van der Waals surface area contributed by atoms with Gasteiger partial charge in [-0.15, -0.1) is 0 Å². The molecule has 5 saturated heterocycles. The van der Waals surface area contributed by atoms with Gasteiger partial charge in [0.2, 0.25) is 0 Å². The molecule has 492 valence electrons. The summed E-state index contributed by atoms with van der Waals surface area (Å²) in [6.45, 7) is 17.6. The van der Waals surface area contributed by atoms with Gasteiger partial charge < -0.3 is 107 Å². The van der Waals surface area contributed by atoms with E-state index in [1.807, 2.05) is 47.6 Å². The smallest absolute Gasteiger partial charge is 0.330 e. The van der Waals surface area contributed by atoms with Crippen LogP contribution in [0.2, 0.25) is 0 Å². The molecule has 8 fully saturated rings. The summed E-state index contributed by atoms with van der Waals surface area (Å²) in [4.78, 5) is 27.0. The van der Waals surface area contributed by atoms with Crippen LogP contribution in [0.1, 0.15) is 140 Å². The maximum atomic E-state index is 13.6. The normalized spacial score (nSPS) is 50.0. The first-order chi connectivity index (χ1) is 40.5. The number of ether oxygens (including phenoxy) is 15. The van der Waals surface area contributed by atoms with Crippen LogP contribution in [0.3, 0.4) is 0 Å². The summed E-state index contributed by atoms with van der Waals surface area (Å²) < 4.78 is 94.3. The fourth-order valence-corrected chi connectivity index (χ4v) is 16.1. The van der Waals surface area contributed by atoms with E-state index in [0.29, 0.717) is 38.5 Å². The number of carbonyl (C=O) groups is 2. The highest BCUT2D eigenvalue weighted by Gasteiger charge is 2.81. The summed E-state index contributed by atoms with van der Waals surface area (Å²) in [5.41, 5.74) is -6.22. The van der Waals surface area contributed by atoms with Crippen LogP contribution in [0.25, 0.3) is 0 Å². The van der Waals surface area contributed by atoms with E-state index in [1.54, 1.807) is 35.2 Å². The van der Waals surface area contributed by atoms with Crippen molar-refractivity contribution in [2.24, 2.45) is 22.7 Å². The average Bonchev–Trinajstić information content (AvgIpc) is 1.34. The zero-order chi connectivity index (χ0) is 62.7. The zero-order valence-corrected chi connectivity index (χ0v) is 52.6. The van der Waals surface area contributed by atoms with Crippen LogP contribution in [-0.2, 0) is 80.6 Å². The number of carbonyl (C=O) groups excluding carboxylic acids is 2. The summed E-state index contributed by atoms with van der Waals surface area (Å²) in [6, 6.07) is 0. The minimum Gasteiger partial charge on any atom is -0.458 e.